The number of piperazine rings is 1. The third-order valence-corrected chi connectivity index (χ3v) is 10.8. The number of imidazole rings is 1. The van der Waals surface area contributed by atoms with Crippen molar-refractivity contribution < 1.29 is 17.9 Å². The number of rotatable bonds is 10. The van der Waals surface area contributed by atoms with Gasteiger partial charge in [0.1, 0.15) is 11.6 Å². The third-order valence-electron chi connectivity index (χ3n) is 8.85. The third kappa shape index (κ3) is 6.01. The quantitative estimate of drug-likeness (QED) is 0.157. The Morgan fingerprint density at radius 1 is 0.783 bits per heavy atom. The van der Waals surface area contributed by atoms with Crippen LogP contribution in [0.1, 0.15) is 27.9 Å². The summed E-state index contributed by atoms with van der Waals surface area (Å²) < 4.78 is 35.5. The van der Waals surface area contributed by atoms with Gasteiger partial charge in [0, 0.05) is 38.8 Å². The highest BCUT2D eigenvalue weighted by Crippen LogP contribution is 2.40. The molecule has 46 heavy (non-hydrogen) atoms. The van der Waals surface area contributed by atoms with Crippen molar-refractivity contribution in [2.75, 3.05) is 33.3 Å². The van der Waals surface area contributed by atoms with Crippen molar-refractivity contribution in [3.63, 3.8) is 0 Å². The van der Waals surface area contributed by atoms with Gasteiger partial charge in [0.15, 0.2) is 0 Å². The number of hydrogen-bond acceptors (Lipinski definition) is 6. The summed E-state index contributed by atoms with van der Waals surface area (Å²) in [6.07, 6.45) is 4.17. The van der Waals surface area contributed by atoms with Crippen LogP contribution in [0.15, 0.2) is 133 Å². The van der Waals surface area contributed by atoms with E-state index in [1.54, 1.807) is 24.3 Å². The minimum atomic E-state index is -3.63. The van der Waals surface area contributed by atoms with Crippen molar-refractivity contribution in [2.45, 2.75) is 29.8 Å². The smallest absolute Gasteiger partial charge is 0.323 e. The lowest BCUT2D eigenvalue weighted by Crippen LogP contribution is -2.54. The van der Waals surface area contributed by atoms with Gasteiger partial charge >= 0.3 is 5.97 Å². The monoisotopic (exact) mass is 634 g/mol. The standard InChI is InChI=1S/C37H38N4O4S/c1-29-18-20-34(21-19-29)46(43,44)41-24-22-39(23-25-41)35(36(42)45-2)26-33-27-40(28-38-33)37(30-12-6-3-7-13-30,31-14-8-4-9-15-31)32-16-10-5-11-17-32/h3-21,27-28,35H,22-26H2,1-2H3/t35-/m0/s1. The zero-order valence-electron chi connectivity index (χ0n) is 26.1. The van der Waals surface area contributed by atoms with E-state index in [1.165, 1.54) is 11.4 Å². The van der Waals surface area contributed by atoms with Gasteiger partial charge in [-0.05, 0) is 35.7 Å². The molecule has 1 saturated heterocycles. The molecule has 1 aliphatic rings. The fourth-order valence-electron chi connectivity index (χ4n) is 6.45. The molecule has 2 heterocycles. The van der Waals surface area contributed by atoms with Crippen LogP contribution < -0.4 is 0 Å². The van der Waals surface area contributed by atoms with E-state index in [-0.39, 0.29) is 24.0 Å². The summed E-state index contributed by atoms with van der Waals surface area (Å²) >= 11 is 0. The van der Waals surface area contributed by atoms with Gasteiger partial charge in [-0.3, -0.25) is 9.69 Å². The summed E-state index contributed by atoms with van der Waals surface area (Å²) in [5, 5.41) is 0. The number of ether oxygens (including phenoxy) is 1. The van der Waals surface area contributed by atoms with Gasteiger partial charge in [-0.1, -0.05) is 109 Å². The van der Waals surface area contributed by atoms with Crippen LogP contribution >= 0.6 is 0 Å². The van der Waals surface area contributed by atoms with Gasteiger partial charge in [-0.2, -0.15) is 4.31 Å². The molecule has 8 nitrogen and oxygen atoms in total. The van der Waals surface area contributed by atoms with Crippen LogP contribution in [0.25, 0.3) is 0 Å². The van der Waals surface area contributed by atoms with E-state index in [0.29, 0.717) is 19.5 Å². The summed E-state index contributed by atoms with van der Waals surface area (Å²) in [6, 6.07) is 37.3. The van der Waals surface area contributed by atoms with Crippen molar-refractivity contribution in [2.24, 2.45) is 0 Å². The molecule has 1 atom stereocenters. The van der Waals surface area contributed by atoms with Crippen LogP contribution in [0.2, 0.25) is 0 Å². The molecule has 4 aromatic carbocycles. The zero-order chi connectivity index (χ0) is 32.1. The Kier molecular flexibility index (Phi) is 9.17. The first-order valence-electron chi connectivity index (χ1n) is 15.4. The molecule has 0 aliphatic carbocycles. The highest BCUT2D eigenvalue weighted by molar-refractivity contribution is 7.89. The number of nitrogens with zero attached hydrogens (tertiary/aromatic N) is 4. The van der Waals surface area contributed by atoms with Crippen molar-refractivity contribution >= 4 is 16.0 Å². The van der Waals surface area contributed by atoms with Gasteiger partial charge in [0.25, 0.3) is 0 Å². The van der Waals surface area contributed by atoms with E-state index in [9.17, 15) is 13.2 Å². The lowest BCUT2D eigenvalue weighted by Gasteiger charge is -2.38. The van der Waals surface area contributed by atoms with E-state index in [0.717, 1.165) is 27.9 Å². The average Bonchev–Trinajstić information content (AvgIpc) is 3.58. The SMILES string of the molecule is COC(=O)[C@H](Cc1cn(C(c2ccccc2)(c2ccccc2)c2ccccc2)cn1)N1CCN(S(=O)(=O)c2ccc(C)cc2)CC1. The van der Waals surface area contributed by atoms with Crippen LogP contribution in [-0.4, -0.2) is 72.5 Å². The van der Waals surface area contributed by atoms with Crippen molar-refractivity contribution in [1.82, 2.24) is 18.8 Å². The van der Waals surface area contributed by atoms with E-state index in [4.69, 9.17) is 9.72 Å². The Balaban J connectivity index is 1.30. The molecule has 0 amide bonds. The Morgan fingerprint density at radius 3 is 1.76 bits per heavy atom. The summed E-state index contributed by atoms with van der Waals surface area (Å²) in [6.45, 7) is 3.27. The van der Waals surface area contributed by atoms with Gasteiger partial charge < -0.3 is 9.30 Å². The van der Waals surface area contributed by atoms with E-state index in [1.807, 2.05) is 78.9 Å². The van der Waals surface area contributed by atoms with Crippen molar-refractivity contribution in [3.8, 4) is 0 Å². The number of hydrogen-bond donors (Lipinski definition) is 0. The molecule has 9 heteroatoms. The first-order chi connectivity index (χ1) is 22.3. The predicted octanol–water partition coefficient (Wildman–Crippen LogP) is 5.12. The molecular formula is C37H38N4O4S. The largest absolute Gasteiger partial charge is 0.468 e. The molecule has 0 bridgehead atoms. The van der Waals surface area contributed by atoms with Gasteiger partial charge in [0.05, 0.1) is 24.0 Å². The summed E-state index contributed by atoms with van der Waals surface area (Å²) in [5.41, 5.74) is 4.24. The van der Waals surface area contributed by atoms with Gasteiger partial charge in [-0.15, -0.1) is 0 Å². The molecule has 0 unspecified atom stereocenters. The number of benzene rings is 4. The van der Waals surface area contributed by atoms with Crippen molar-refractivity contribution in [3.05, 3.63) is 156 Å². The Bertz CT molecular complexity index is 1760. The fourth-order valence-corrected chi connectivity index (χ4v) is 7.87. The molecule has 6 rings (SSSR count). The molecule has 1 fully saturated rings. The Hall–Kier alpha value is -4.57. The minimum Gasteiger partial charge on any atom is -0.468 e. The lowest BCUT2D eigenvalue weighted by atomic mass is 9.77. The van der Waals surface area contributed by atoms with Crippen LogP contribution in [0, 0.1) is 6.92 Å². The number of sulfonamides is 1. The maximum absolute atomic E-state index is 13.3. The van der Waals surface area contributed by atoms with Gasteiger partial charge in [-0.25, -0.2) is 13.4 Å². The fraction of sp³-hybridized carbons (Fsp3) is 0.243. The number of aromatic nitrogens is 2. The molecule has 0 saturated carbocycles. The topological polar surface area (TPSA) is 84.7 Å². The summed E-state index contributed by atoms with van der Waals surface area (Å²) in [4.78, 5) is 20.3. The normalized spacial score (nSPS) is 15.3. The number of methoxy groups -OCH3 is 1. The second-order valence-corrected chi connectivity index (χ2v) is 13.5. The molecule has 0 radical (unpaired) electrons. The van der Waals surface area contributed by atoms with Crippen LogP contribution in [0.5, 0.6) is 0 Å². The first-order valence-corrected chi connectivity index (χ1v) is 16.9. The molecule has 0 spiro atoms. The molecule has 236 valence electrons. The lowest BCUT2D eigenvalue weighted by molar-refractivity contribution is -0.147. The molecule has 5 aromatic rings. The molecule has 1 aromatic heterocycles. The predicted molar refractivity (Wildman–Crippen MR) is 178 cm³/mol. The van der Waals surface area contributed by atoms with Gasteiger partial charge in [0.2, 0.25) is 10.0 Å². The zero-order valence-corrected chi connectivity index (χ0v) is 26.9. The maximum atomic E-state index is 13.3. The van der Waals surface area contributed by atoms with Crippen molar-refractivity contribution in [1.29, 1.82) is 0 Å². The highest BCUT2D eigenvalue weighted by atomic mass is 32.2. The van der Waals surface area contributed by atoms with E-state index < -0.39 is 21.6 Å². The number of esters is 1. The maximum Gasteiger partial charge on any atom is 0.323 e. The Morgan fingerprint density at radius 2 is 1.28 bits per heavy atom. The second-order valence-electron chi connectivity index (χ2n) is 11.6. The van der Waals surface area contributed by atoms with Crippen LogP contribution in [0.4, 0.5) is 0 Å². The van der Waals surface area contributed by atoms with E-state index >= 15 is 0 Å². The number of carbonyl (C=O) groups excluding carboxylic acids is 1. The molecule has 1 aliphatic heterocycles. The van der Waals surface area contributed by atoms with Crippen LogP contribution in [-0.2, 0) is 31.5 Å². The second kappa shape index (κ2) is 13.4. The molecular weight excluding hydrogens is 596 g/mol. The molecule has 0 N–H and O–H groups in total. The van der Waals surface area contributed by atoms with E-state index in [2.05, 4.69) is 41.0 Å². The number of aryl methyl sites for hydroxylation is 1. The highest BCUT2D eigenvalue weighted by Gasteiger charge is 2.39. The summed E-state index contributed by atoms with van der Waals surface area (Å²) in [5.74, 6) is -0.371. The minimum absolute atomic E-state index is 0.275. The van der Waals surface area contributed by atoms with Crippen LogP contribution in [0.3, 0.4) is 0 Å². The first kappa shape index (κ1) is 31.4. The summed E-state index contributed by atoms with van der Waals surface area (Å²) in [7, 11) is -2.24. The average molecular weight is 635 g/mol. The Labute approximate surface area is 270 Å². The number of carbonyl (C=O) groups is 1.